The van der Waals surface area contributed by atoms with E-state index >= 15 is 0 Å². The molecule has 2 aromatic carbocycles. The molecule has 0 N–H and O–H groups in total. The Labute approximate surface area is 105 Å². The summed E-state index contributed by atoms with van der Waals surface area (Å²) in [5.41, 5.74) is 2.54. The van der Waals surface area contributed by atoms with Gasteiger partial charge in [0.05, 0.1) is 4.90 Å². The van der Waals surface area contributed by atoms with E-state index in [1.165, 1.54) is 6.07 Å². The predicted octanol–water partition coefficient (Wildman–Crippen LogP) is 3.59. The molecule has 0 radical (unpaired) electrons. The highest BCUT2D eigenvalue weighted by molar-refractivity contribution is 8.13. The first kappa shape index (κ1) is 12.1. The third-order valence-corrected chi connectivity index (χ3v) is 4.10. The van der Waals surface area contributed by atoms with Gasteiger partial charge in [0.1, 0.15) is 0 Å². The van der Waals surface area contributed by atoms with Crippen LogP contribution in [0.1, 0.15) is 5.56 Å². The summed E-state index contributed by atoms with van der Waals surface area (Å²) < 4.78 is 22.8. The van der Waals surface area contributed by atoms with Gasteiger partial charge in [-0.3, -0.25) is 0 Å². The normalized spacial score (nSPS) is 11.4. The molecule has 88 valence electrons. The molecule has 2 aromatic rings. The minimum Gasteiger partial charge on any atom is -0.207 e. The summed E-state index contributed by atoms with van der Waals surface area (Å²) in [6.45, 7) is 1.76. The molecule has 4 heteroatoms. The fourth-order valence-electron chi connectivity index (χ4n) is 1.81. The molecular weight excluding hydrogens is 256 g/mol. The Morgan fingerprint density at radius 2 is 1.59 bits per heavy atom. The first-order chi connectivity index (χ1) is 8.00. The lowest BCUT2D eigenvalue weighted by atomic mass is 10.0. The maximum atomic E-state index is 11.4. The highest BCUT2D eigenvalue weighted by Crippen LogP contribution is 2.29. The van der Waals surface area contributed by atoms with Gasteiger partial charge < -0.3 is 0 Å². The van der Waals surface area contributed by atoms with Crippen LogP contribution in [0.2, 0.25) is 0 Å². The van der Waals surface area contributed by atoms with Crippen LogP contribution in [0, 0.1) is 6.92 Å². The summed E-state index contributed by atoms with van der Waals surface area (Å²) in [4.78, 5) is 0.167. The number of benzene rings is 2. The number of halogens is 1. The van der Waals surface area contributed by atoms with E-state index in [4.69, 9.17) is 10.7 Å². The third-order valence-electron chi connectivity index (χ3n) is 2.63. The van der Waals surface area contributed by atoms with E-state index < -0.39 is 9.05 Å². The van der Waals surface area contributed by atoms with Gasteiger partial charge in [0.25, 0.3) is 9.05 Å². The number of rotatable bonds is 2. The summed E-state index contributed by atoms with van der Waals surface area (Å²) in [5.74, 6) is 0. The summed E-state index contributed by atoms with van der Waals surface area (Å²) in [7, 11) is 1.70. The number of hydrogen-bond donors (Lipinski definition) is 0. The van der Waals surface area contributed by atoms with Gasteiger partial charge in [-0.05, 0) is 29.7 Å². The van der Waals surface area contributed by atoms with Crippen LogP contribution < -0.4 is 0 Å². The zero-order valence-electron chi connectivity index (χ0n) is 9.22. The second-order valence-electron chi connectivity index (χ2n) is 3.73. The zero-order valence-corrected chi connectivity index (χ0v) is 10.8. The lowest BCUT2D eigenvalue weighted by Crippen LogP contribution is -1.96. The van der Waals surface area contributed by atoms with Gasteiger partial charge in [-0.25, -0.2) is 8.42 Å². The van der Waals surface area contributed by atoms with Gasteiger partial charge in [0.15, 0.2) is 0 Å². The van der Waals surface area contributed by atoms with Crippen molar-refractivity contribution in [2.24, 2.45) is 0 Å². The molecule has 0 spiro atoms. The van der Waals surface area contributed by atoms with Crippen molar-refractivity contribution in [1.82, 2.24) is 0 Å². The van der Waals surface area contributed by atoms with E-state index in [1.54, 1.807) is 13.0 Å². The Morgan fingerprint density at radius 1 is 0.941 bits per heavy atom. The second kappa shape index (κ2) is 4.51. The smallest absolute Gasteiger partial charge is 0.207 e. The molecule has 17 heavy (non-hydrogen) atoms. The molecule has 0 aliphatic rings. The fraction of sp³-hybridized carbons (Fsp3) is 0.0769. The summed E-state index contributed by atoms with van der Waals surface area (Å²) in [6.07, 6.45) is 0. The lowest BCUT2D eigenvalue weighted by molar-refractivity contribution is 0.609. The molecular formula is C13H11ClO2S. The second-order valence-corrected chi connectivity index (χ2v) is 6.27. The molecule has 0 saturated heterocycles. The topological polar surface area (TPSA) is 34.1 Å². The molecule has 0 amide bonds. The highest BCUT2D eigenvalue weighted by Gasteiger charge is 2.15. The molecule has 2 rings (SSSR count). The van der Waals surface area contributed by atoms with Crippen LogP contribution in [0.15, 0.2) is 53.4 Å². The van der Waals surface area contributed by atoms with E-state index in [0.29, 0.717) is 5.56 Å². The van der Waals surface area contributed by atoms with Crippen LogP contribution >= 0.6 is 10.7 Å². The van der Waals surface area contributed by atoms with Crippen molar-refractivity contribution >= 4 is 19.7 Å². The Hall–Kier alpha value is -1.32. The van der Waals surface area contributed by atoms with Crippen LogP contribution in [-0.4, -0.2) is 8.42 Å². The van der Waals surface area contributed by atoms with Crippen molar-refractivity contribution < 1.29 is 8.42 Å². The quantitative estimate of drug-likeness (QED) is 0.779. The third kappa shape index (κ3) is 2.51. The van der Waals surface area contributed by atoms with E-state index in [9.17, 15) is 8.42 Å². The zero-order chi connectivity index (χ0) is 12.5. The molecule has 0 heterocycles. The van der Waals surface area contributed by atoms with Crippen LogP contribution in [-0.2, 0) is 9.05 Å². The van der Waals surface area contributed by atoms with Crippen LogP contribution in [0.4, 0.5) is 0 Å². The van der Waals surface area contributed by atoms with E-state index in [0.717, 1.165) is 11.1 Å². The van der Waals surface area contributed by atoms with Crippen molar-refractivity contribution in [3.8, 4) is 11.1 Å². The Kier molecular flexibility index (Phi) is 3.22. The van der Waals surface area contributed by atoms with Gasteiger partial charge in [0.2, 0.25) is 0 Å². The average molecular weight is 267 g/mol. The Morgan fingerprint density at radius 3 is 2.18 bits per heavy atom. The van der Waals surface area contributed by atoms with Crippen molar-refractivity contribution in [3.05, 3.63) is 54.1 Å². The van der Waals surface area contributed by atoms with Crippen molar-refractivity contribution in [3.63, 3.8) is 0 Å². The van der Waals surface area contributed by atoms with Gasteiger partial charge in [0, 0.05) is 10.7 Å². The maximum Gasteiger partial charge on any atom is 0.261 e. The molecule has 0 bridgehead atoms. The molecule has 0 unspecified atom stereocenters. The number of hydrogen-bond acceptors (Lipinski definition) is 2. The molecule has 0 saturated carbocycles. The lowest BCUT2D eigenvalue weighted by Gasteiger charge is -2.09. The predicted molar refractivity (Wildman–Crippen MR) is 69.7 cm³/mol. The van der Waals surface area contributed by atoms with Gasteiger partial charge >= 0.3 is 0 Å². The minimum atomic E-state index is -3.69. The molecule has 0 aliphatic carbocycles. The minimum absolute atomic E-state index is 0.167. The Bertz CT molecular complexity index is 634. The van der Waals surface area contributed by atoms with Crippen LogP contribution in [0.3, 0.4) is 0 Å². The molecule has 0 atom stereocenters. The van der Waals surface area contributed by atoms with E-state index in [2.05, 4.69) is 0 Å². The van der Waals surface area contributed by atoms with Crippen LogP contribution in [0.25, 0.3) is 11.1 Å². The standard InChI is InChI=1S/C13H11ClO2S/c1-10-12(11-6-3-2-4-7-11)8-5-9-13(10)17(14,15)16/h2-9H,1H3. The van der Waals surface area contributed by atoms with Gasteiger partial charge in [-0.1, -0.05) is 42.5 Å². The summed E-state index contributed by atoms with van der Waals surface area (Å²) in [6, 6.07) is 14.7. The molecule has 0 aromatic heterocycles. The Balaban J connectivity index is 2.67. The monoisotopic (exact) mass is 266 g/mol. The molecule has 0 aliphatic heterocycles. The first-order valence-corrected chi connectivity index (χ1v) is 7.41. The van der Waals surface area contributed by atoms with Gasteiger partial charge in [-0.15, -0.1) is 0 Å². The van der Waals surface area contributed by atoms with Crippen molar-refractivity contribution in [1.29, 1.82) is 0 Å². The summed E-state index contributed by atoms with van der Waals surface area (Å²) >= 11 is 0. The average Bonchev–Trinajstić information content (AvgIpc) is 2.29. The largest absolute Gasteiger partial charge is 0.261 e. The van der Waals surface area contributed by atoms with Gasteiger partial charge in [-0.2, -0.15) is 0 Å². The SMILES string of the molecule is Cc1c(-c2ccccc2)cccc1S(=O)(=O)Cl. The highest BCUT2D eigenvalue weighted by atomic mass is 35.7. The summed E-state index contributed by atoms with van der Waals surface area (Å²) in [5, 5.41) is 0. The molecule has 2 nitrogen and oxygen atoms in total. The van der Waals surface area contributed by atoms with E-state index in [1.807, 2.05) is 36.4 Å². The van der Waals surface area contributed by atoms with Crippen LogP contribution in [0.5, 0.6) is 0 Å². The maximum absolute atomic E-state index is 11.4. The van der Waals surface area contributed by atoms with Crippen molar-refractivity contribution in [2.75, 3.05) is 0 Å². The van der Waals surface area contributed by atoms with Crippen molar-refractivity contribution in [2.45, 2.75) is 11.8 Å². The molecule has 0 fully saturated rings. The van der Waals surface area contributed by atoms with E-state index in [-0.39, 0.29) is 4.90 Å². The first-order valence-electron chi connectivity index (χ1n) is 5.10. The fourth-order valence-corrected chi connectivity index (χ4v) is 3.03.